The van der Waals surface area contributed by atoms with Crippen molar-refractivity contribution in [1.82, 2.24) is 4.90 Å². The van der Waals surface area contributed by atoms with Crippen LogP contribution in [0.1, 0.15) is 31.4 Å². The molecular formula is C16H26N2. The maximum absolute atomic E-state index is 5.88. The Hall–Kier alpha value is -0.860. The Morgan fingerprint density at radius 3 is 2.50 bits per heavy atom. The fourth-order valence-electron chi connectivity index (χ4n) is 3.04. The van der Waals surface area contributed by atoms with Crippen LogP contribution in [0.4, 0.5) is 0 Å². The van der Waals surface area contributed by atoms with Crippen LogP contribution < -0.4 is 5.73 Å². The molecule has 1 heterocycles. The van der Waals surface area contributed by atoms with Crippen molar-refractivity contribution in [2.24, 2.45) is 17.1 Å². The molecular weight excluding hydrogens is 220 g/mol. The van der Waals surface area contributed by atoms with Crippen LogP contribution in [0.15, 0.2) is 24.3 Å². The highest BCUT2D eigenvalue weighted by molar-refractivity contribution is 5.21. The summed E-state index contributed by atoms with van der Waals surface area (Å²) in [6.07, 6.45) is 1.23. The number of nitrogens with zero attached hydrogens (tertiary/aromatic N) is 1. The molecule has 0 bridgehead atoms. The van der Waals surface area contributed by atoms with E-state index in [4.69, 9.17) is 5.73 Å². The lowest BCUT2D eigenvalue weighted by molar-refractivity contribution is 0.0548. The predicted molar refractivity (Wildman–Crippen MR) is 77.4 cm³/mol. The highest BCUT2D eigenvalue weighted by Gasteiger charge is 2.34. The van der Waals surface area contributed by atoms with Gasteiger partial charge in [-0.1, -0.05) is 43.7 Å². The quantitative estimate of drug-likeness (QED) is 0.888. The van der Waals surface area contributed by atoms with Crippen LogP contribution in [0.3, 0.4) is 0 Å². The van der Waals surface area contributed by atoms with Gasteiger partial charge in [-0.2, -0.15) is 0 Å². The van der Waals surface area contributed by atoms with Crippen LogP contribution >= 0.6 is 0 Å². The van der Waals surface area contributed by atoms with Crippen molar-refractivity contribution in [2.75, 3.05) is 19.6 Å². The van der Waals surface area contributed by atoms with Crippen LogP contribution in [0.5, 0.6) is 0 Å². The second-order valence-corrected chi connectivity index (χ2v) is 6.41. The van der Waals surface area contributed by atoms with Crippen molar-refractivity contribution in [3.8, 4) is 0 Å². The van der Waals surface area contributed by atoms with Crippen LogP contribution in [0.2, 0.25) is 0 Å². The Morgan fingerprint density at radius 1 is 1.28 bits per heavy atom. The van der Waals surface area contributed by atoms with Gasteiger partial charge in [0.15, 0.2) is 0 Å². The fourth-order valence-corrected chi connectivity index (χ4v) is 3.04. The zero-order valence-electron chi connectivity index (χ0n) is 11.9. The molecule has 2 rings (SSSR count). The summed E-state index contributed by atoms with van der Waals surface area (Å²) in [5.41, 5.74) is 8.97. The van der Waals surface area contributed by atoms with Crippen LogP contribution in [-0.4, -0.2) is 24.5 Å². The van der Waals surface area contributed by atoms with Gasteiger partial charge < -0.3 is 5.73 Å². The second kappa shape index (κ2) is 5.41. The first-order valence-electron chi connectivity index (χ1n) is 6.99. The molecule has 0 saturated carbocycles. The summed E-state index contributed by atoms with van der Waals surface area (Å²) in [7, 11) is 0. The molecule has 100 valence electrons. The molecule has 1 aliphatic rings. The molecule has 0 spiro atoms. The maximum Gasteiger partial charge on any atom is 0.0233 e. The highest BCUT2D eigenvalue weighted by atomic mass is 15.1. The van der Waals surface area contributed by atoms with Gasteiger partial charge in [-0.3, -0.25) is 4.90 Å². The summed E-state index contributed by atoms with van der Waals surface area (Å²) in [6, 6.07) is 8.90. The van der Waals surface area contributed by atoms with E-state index < -0.39 is 0 Å². The minimum absolute atomic E-state index is 0.345. The lowest BCUT2D eigenvalue weighted by Gasteiger charge is -2.44. The molecule has 2 heteroatoms. The Bertz CT molecular complexity index is 381. The molecule has 1 saturated heterocycles. The first-order valence-corrected chi connectivity index (χ1v) is 6.99. The number of piperidine rings is 1. The number of nitrogens with two attached hydrogens (primary N) is 1. The molecule has 0 aromatic heterocycles. The molecule has 0 radical (unpaired) electrons. The van der Waals surface area contributed by atoms with Gasteiger partial charge in [0, 0.05) is 13.1 Å². The molecule has 1 aromatic rings. The van der Waals surface area contributed by atoms with E-state index in [0.717, 1.165) is 19.6 Å². The van der Waals surface area contributed by atoms with Gasteiger partial charge in [0.2, 0.25) is 0 Å². The van der Waals surface area contributed by atoms with E-state index >= 15 is 0 Å². The van der Waals surface area contributed by atoms with Crippen LogP contribution in [-0.2, 0) is 6.54 Å². The number of likely N-dealkylation sites (tertiary alicyclic amines) is 1. The molecule has 0 amide bonds. The van der Waals surface area contributed by atoms with Crippen molar-refractivity contribution in [2.45, 2.75) is 33.7 Å². The highest BCUT2D eigenvalue weighted by Crippen LogP contribution is 2.34. The van der Waals surface area contributed by atoms with Crippen molar-refractivity contribution in [1.29, 1.82) is 0 Å². The molecule has 0 aliphatic carbocycles. The Balaban J connectivity index is 1.97. The summed E-state index contributed by atoms with van der Waals surface area (Å²) < 4.78 is 0. The van der Waals surface area contributed by atoms with E-state index in [-0.39, 0.29) is 0 Å². The monoisotopic (exact) mass is 246 g/mol. The number of benzene rings is 1. The van der Waals surface area contributed by atoms with Crippen molar-refractivity contribution < 1.29 is 0 Å². The average molecular weight is 246 g/mol. The number of hydrogen-bond acceptors (Lipinski definition) is 2. The third-order valence-electron chi connectivity index (χ3n) is 4.34. The average Bonchev–Trinajstić information content (AvgIpc) is 2.31. The first-order chi connectivity index (χ1) is 8.51. The molecule has 1 atom stereocenters. The van der Waals surface area contributed by atoms with Gasteiger partial charge >= 0.3 is 0 Å². The normalized spacial score (nSPS) is 24.1. The third-order valence-corrected chi connectivity index (χ3v) is 4.34. The van der Waals surface area contributed by atoms with E-state index in [1.54, 1.807) is 0 Å². The summed E-state index contributed by atoms with van der Waals surface area (Å²) in [5.74, 6) is 0.673. The van der Waals surface area contributed by atoms with E-state index in [2.05, 4.69) is 49.9 Å². The minimum atomic E-state index is 0.345. The van der Waals surface area contributed by atoms with Crippen LogP contribution in [0, 0.1) is 18.3 Å². The zero-order valence-corrected chi connectivity index (χ0v) is 11.9. The smallest absolute Gasteiger partial charge is 0.0233 e. The Labute approximate surface area is 111 Å². The molecule has 1 fully saturated rings. The van der Waals surface area contributed by atoms with Crippen molar-refractivity contribution >= 4 is 0 Å². The van der Waals surface area contributed by atoms with Gasteiger partial charge in [-0.15, -0.1) is 0 Å². The van der Waals surface area contributed by atoms with Gasteiger partial charge in [0.25, 0.3) is 0 Å². The molecule has 2 N–H and O–H groups in total. The predicted octanol–water partition coefficient (Wildman–Crippen LogP) is 2.80. The van der Waals surface area contributed by atoms with Gasteiger partial charge in [0.05, 0.1) is 0 Å². The van der Waals surface area contributed by atoms with Gasteiger partial charge in [-0.25, -0.2) is 0 Å². The Morgan fingerprint density at radius 2 is 1.94 bits per heavy atom. The third kappa shape index (κ3) is 3.12. The number of hydrogen-bond donors (Lipinski definition) is 1. The van der Waals surface area contributed by atoms with Gasteiger partial charge in [0.1, 0.15) is 0 Å². The van der Waals surface area contributed by atoms with E-state index in [1.165, 1.54) is 24.1 Å². The zero-order chi connectivity index (χ0) is 13.2. The van der Waals surface area contributed by atoms with Gasteiger partial charge in [-0.05, 0) is 43.3 Å². The molecule has 2 nitrogen and oxygen atoms in total. The summed E-state index contributed by atoms with van der Waals surface area (Å²) in [4.78, 5) is 2.57. The summed E-state index contributed by atoms with van der Waals surface area (Å²) in [5, 5.41) is 0. The number of rotatable bonds is 3. The largest absolute Gasteiger partial charge is 0.330 e. The lowest BCUT2D eigenvalue weighted by Crippen LogP contribution is -2.47. The fraction of sp³-hybridized carbons (Fsp3) is 0.625. The standard InChI is InChI=1S/C16H26N2/c1-13-4-6-14(7-5-13)11-18-9-8-15(10-17)16(2,3)12-18/h4-7,15H,8-12,17H2,1-3H3. The molecule has 18 heavy (non-hydrogen) atoms. The van der Waals surface area contributed by atoms with Crippen molar-refractivity contribution in [3.05, 3.63) is 35.4 Å². The molecule has 1 aromatic carbocycles. The summed E-state index contributed by atoms with van der Waals surface area (Å²) >= 11 is 0. The Kier molecular flexibility index (Phi) is 4.08. The minimum Gasteiger partial charge on any atom is -0.330 e. The SMILES string of the molecule is Cc1ccc(CN2CCC(CN)C(C)(C)C2)cc1. The first kappa shape index (κ1) is 13.6. The van der Waals surface area contributed by atoms with E-state index in [1.807, 2.05) is 0 Å². The second-order valence-electron chi connectivity index (χ2n) is 6.41. The van der Waals surface area contributed by atoms with Crippen LogP contribution in [0.25, 0.3) is 0 Å². The molecule has 1 aliphatic heterocycles. The number of aryl methyl sites for hydroxylation is 1. The van der Waals surface area contributed by atoms with Crippen molar-refractivity contribution in [3.63, 3.8) is 0 Å². The molecule has 1 unspecified atom stereocenters. The van der Waals surface area contributed by atoms with E-state index in [0.29, 0.717) is 11.3 Å². The lowest BCUT2D eigenvalue weighted by atomic mass is 9.74. The topological polar surface area (TPSA) is 29.3 Å². The summed E-state index contributed by atoms with van der Waals surface area (Å²) in [6.45, 7) is 11.1. The van der Waals surface area contributed by atoms with E-state index in [9.17, 15) is 0 Å². The maximum atomic E-state index is 5.88.